The molecular weight excluding hydrogens is 452 g/mol. The Morgan fingerprint density at radius 2 is 1.03 bits per heavy atom. The molecule has 0 aromatic carbocycles. The van der Waals surface area contributed by atoms with E-state index in [2.05, 4.69) is 11.7 Å². The van der Waals surface area contributed by atoms with Gasteiger partial charge in [-0.25, -0.2) is 4.79 Å². The zero-order chi connectivity index (χ0) is 26.2. The number of ether oxygens (including phenoxy) is 2. The monoisotopic (exact) mass is 502 g/mol. The molecule has 2 atom stereocenters. The summed E-state index contributed by atoms with van der Waals surface area (Å²) in [6.45, 7) is 1.45. The lowest BCUT2D eigenvalue weighted by Gasteiger charge is -2.13. The first-order valence-corrected chi connectivity index (χ1v) is 13.8. The van der Waals surface area contributed by atoms with Gasteiger partial charge in [-0.1, -0.05) is 110 Å². The van der Waals surface area contributed by atoms with Crippen LogP contribution >= 0.6 is 0 Å². The van der Waals surface area contributed by atoms with Gasteiger partial charge in [0.2, 0.25) is 0 Å². The van der Waals surface area contributed by atoms with Gasteiger partial charge in [0.05, 0.1) is 6.42 Å². The summed E-state index contributed by atoms with van der Waals surface area (Å²) >= 11 is 0. The Balaban J connectivity index is 3.41. The lowest BCUT2D eigenvalue weighted by molar-refractivity contribution is -0.162. The molecule has 0 aromatic heterocycles. The predicted molar refractivity (Wildman–Crippen MR) is 135 cm³/mol. The van der Waals surface area contributed by atoms with Gasteiger partial charge in [-0.05, 0) is 6.42 Å². The molecule has 0 heterocycles. The number of aliphatic carboxylic acids is 1. The zero-order valence-electron chi connectivity index (χ0n) is 21.9. The Hall–Kier alpha value is -1.67. The van der Waals surface area contributed by atoms with Crippen molar-refractivity contribution in [1.29, 1.82) is 0 Å². The highest BCUT2D eigenvalue weighted by molar-refractivity contribution is 5.80. The molecule has 0 aliphatic rings. The summed E-state index contributed by atoms with van der Waals surface area (Å²) in [7, 11) is 0. The molecule has 8 heteroatoms. The average molecular weight is 503 g/mol. The van der Waals surface area contributed by atoms with Crippen LogP contribution in [-0.4, -0.2) is 58.6 Å². The second-order valence-electron chi connectivity index (χ2n) is 9.49. The Bertz CT molecular complexity index is 537. The lowest BCUT2D eigenvalue weighted by atomic mass is 10.0. The molecule has 0 aromatic rings. The zero-order valence-corrected chi connectivity index (χ0v) is 21.9. The van der Waals surface area contributed by atoms with E-state index in [1.54, 1.807) is 0 Å². The van der Waals surface area contributed by atoms with Gasteiger partial charge < -0.3 is 24.8 Å². The fraction of sp³-hybridized carbons (Fsp3) is 0.889. The third-order valence-electron chi connectivity index (χ3n) is 5.98. The van der Waals surface area contributed by atoms with Gasteiger partial charge in [0, 0.05) is 6.42 Å². The maximum absolute atomic E-state index is 11.7. The summed E-state index contributed by atoms with van der Waals surface area (Å²) in [5.41, 5.74) is 0. The number of carboxylic acid groups (broad SMARTS) is 1. The number of aliphatic hydroxyl groups is 2. The smallest absolute Gasteiger partial charge is 0.335 e. The second-order valence-corrected chi connectivity index (χ2v) is 9.49. The molecule has 0 rings (SSSR count). The van der Waals surface area contributed by atoms with E-state index in [0.717, 1.165) is 19.3 Å². The maximum atomic E-state index is 11.7. The average Bonchev–Trinajstić information content (AvgIpc) is 2.82. The van der Waals surface area contributed by atoms with Gasteiger partial charge in [-0.15, -0.1) is 0 Å². The van der Waals surface area contributed by atoms with Crippen molar-refractivity contribution in [2.24, 2.45) is 0 Å². The van der Waals surface area contributed by atoms with Gasteiger partial charge in [-0.3, -0.25) is 9.59 Å². The minimum absolute atomic E-state index is 0.280. The van der Waals surface area contributed by atoms with E-state index in [1.807, 2.05) is 0 Å². The van der Waals surface area contributed by atoms with Crippen molar-refractivity contribution in [3.05, 3.63) is 0 Å². The second kappa shape index (κ2) is 24.0. The van der Waals surface area contributed by atoms with Gasteiger partial charge in [0.15, 0.2) is 6.10 Å². The van der Waals surface area contributed by atoms with Crippen molar-refractivity contribution in [3.63, 3.8) is 0 Å². The quantitative estimate of drug-likeness (QED) is 0.113. The first-order chi connectivity index (χ1) is 16.9. The molecule has 35 heavy (non-hydrogen) atoms. The molecule has 3 N–H and O–H groups in total. The van der Waals surface area contributed by atoms with Crippen molar-refractivity contribution in [3.8, 4) is 0 Å². The van der Waals surface area contributed by atoms with E-state index in [-0.39, 0.29) is 13.0 Å². The van der Waals surface area contributed by atoms with Crippen LogP contribution in [-0.2, 0) is 23.9 Å². The fourth-order valence-corrected chi connectivity index (χ4v) is 3.83. The number of unbranched alkanes of at least 4 members (excludes halogenated alkanes) is 16. The normalized spacial score (nSPS) is 12.8. The summed E-state index contributed by atoms with van der Waals surface area (Å²) in [5, 5.41) is 27.4. The minimum Gasteiger partial charge on any atom is -0.481 e. The number of carboxylic acids is 1. The Labute approximate surface area is 211 Å². The Morgan fingerprint density at radius 1 is 0.629 bits per heavy atom. The van der Waals surface area contributed by atoms with Crippen LogP contribution < -0.4 is 0 Å². The molecule has 206 valence electrons. The number of rotatable bonds is 25. The third-order valence-corrected chi connectivity index (χ3v) is 5.98. The number of hydrogen-bond acceptors (Lipinski definition) is 7. The van der Waals surface area contributed by atoms with E-state index >= 15 is 0 Å². The van der Waals surface area contributed by atoms with E-state index in [0.29, 0.717) is 0 Å². The fourth-order valence-electron chi connectivity index (χ4n) is 3.83. The van der Waals surface area contributed by atoms with Crippen molar-refractivity contribution >= 4 is 17.9 Å². The molecule has 0 aliphatic carbocycles. The van der Waals surface area contributed by atoms with Crippen molar-refractivity contribution in [1.82, 2.24) is 0 Å². The molecule has 0 spiro atoms. The topological polar surface area (TPSA) is 130 Å². The largest absolute Gasteiger partial charge is 0.481 e. The molecule has 0 aliphatic heterocycles. The SMILES string of the molecule is CCCCCCCCCCCCCCCCCCCC(=O)OCC(O)COC(=O)[C@H](O)CC(=O)O. The molecule has 0 amide bonds. The predicted octanol–water partition coefficient (Wildman–Crippen LogP) is 5.31. The molecule has 1 unspecified atom stereocenters. The molecule has 0 saturated carbocycles. The van der Waals surface area contributed by atoms with Crippen LogP contribution in [0.25, 0.3) is 0 Å². The third kappa shape index (κ3) is 23.8. The van der Waals surface area contributed by atoms with Crippen LogP contribution in [0.4, 0.5) is 0 Å². The molecule has 0 radical (unpaired) electrons. The highest BCUT2D eigenvalue weighted by atomic mass is 16.6. The molecule has 8 nitrogen and oxygen atoms in total. The van der Waals surface area contributed by atoms with Crippen LogP contribution in [0.3, 0.4) is 0 Å². The van der Waals surface area contributed by atoms with Crippen LogP contribution in [0.15, 0.2) is 0 Å². The van der Waals surface area contributed by atoms with Crippen molar-refractivity contribution in [2.75, 3.05) is 13.2 Å². The highest BCUT2D eigenvalue weighted by Gasteiger charge is 2.21. The van der Waals surface area contributed by atoms with E-state index in [9.17, 15) is 24.6 Å². The highest BCUT2D eigenvalue weighted by Crippen LogP contribution is 2.14. The van der Waals surface area contributed by atoms with Crippen LogP contribution in [0.2, 0.25) is 0 Å². The number of hydrogen-bond donors (Lipinski definition) is 3. The lowest BCUT2D eigenvalue weighted by Crippen LogP contribution is -2.31. The van der Waals surface area contributed by atoms with Gasteiger partial charge in [0.25, 0.3) is 0 Å². The van der Waals surface area contributed by atoms with E-state index in [4.69, 9.17) is 9.84 Å². The van der Waals surface area contributed by atoms with E-state index in [1.165, 1.54) is 89.9 Å². The standard InChI is InChI=1S/C27H50O8/c1-2-3-4-5-6-7-8-9-10-11-12-13-14-15-16-17-18-19-26(32)34-21-23(28)22-35-27(33)24(29)20-25(30)31/h23-24,28-29H,2-22H2,1H3,(H,30,31)/t23?,24-/m1/s1. The Morgan fingerprint density at radius 3 is 1.46 bits per heavy atom. The van der Waals surface area contributed by atoms with Crippen LogP contribution in [0.5, 0.6) is 0 Å². The summed E-state index contributed by atoms with van der Waals surface area (Å²) in [6.07, 6.45) is 18.1. The number of carbonyl (C=O) groups is 3. The van der Waals surface area contributed by atoms with Gasteiger partial charge >= 0.3 is 17.9 Å². The summed E-state index contributed by atoms with van der Waals surface area (Å²) in [5.74, 6) is -2.89. The minimum atomic E-state index is -1.79. The van der Waals surface area contributed by atoms with E-state index < -0.39 is 43.1 Å². The molecule has 0 fully saturated rings. The summed E-state index contributed by atoms with van der Waals surface area (Å²) in [4.78, 5) is 33.5. The number of carbonyl (C=O) groups excluding carboxylic acids is 2. The van der Waals surface area contributed by atoms with Crippen LogP contribution in [0.1, 0.15) is 129 Å². The first kappa shape index (κ1) is 33.3. The van der Waals surface area contributed by atoms with Crippen molar-refractivity contribution < 1.29 is 39.2 Å². The van der Waals surface area contributed by atoms with Gasteiger partial charge in [0.1, 0.15) is 19.3 Å². The number of esters is 2. The summed E-state index contributed by atoms with van der Waals surface area (Å²) in [6, 6.07) is 0. The molecular formula is C27H50O8. The Kier molecular flexibility index (Phi) is 22.9. The van der Waals surface area contributed by atoms with Crippen LogP contribution in [0, 0.1) is 0 Å². The molecule has 0 bridgehead atoms. The first-order valence-electron chi connectivity index (χ1n) is 13.8. The van der Waals surface area contributed by atoms with Crippen molar-refractivity contribution in [2.45, 2.75) is 141 Å². The number of aliphatic hydroxyl groups excluding tert-OH is 2. The van der Waals surface area contributed by atoms with Gasteiger partial charge in [-0.2, -0.15) is 0 Å². The molecule has 0 saturated heterocycles. The summed E-state index contributed by atoms with van der Waals surface area (Å²) < 4.78 is 9.56. The maximum Gasteiger partial charge on any atom is 0.335 e.